The Morgan fingerprint density at radius 3 is 1.19 bits per heavy atom. The van der Waals surface area contributed by atoms with Crippen molar-refractivity contribution in [3.05, 3.63) is 126 Å². The zero-order valence-corrected chi connectivity index (χ0v) is 36.2. The van der Waals surface area contributed by atoms with Crippen LogP contribution in [0, 0.1) is 69.2 Å². The molecular formula is C45H56HfSi. The fourth-order valence-electron chi connectivity index (χ4n) is 9.55. The van der Waals surface area contributed by atoms with Gasteiger partial charge in [-0.3, -0.25) is 0 Å². The minimum absolute atomic E-state index is 0.369. The van der Waals surface area contributed by atoms with Crippen LogP contribution >= 0.6 is 0 Å². The summed E-state index contributed by atoms with van der Waals surface area (Å²) in [5.74, 6) is 0. The van der Waals surface area contributed by atoms with Crippen LogP contribution in [0.3, 0.4) is 0 Å². The van der Waals surface area contributed by atoms with Crippen LogP contribution in [0.2, 0.25) is 15.4 Å². The summed E-state index contributed by atoms with van der Waals surface area (Å²) in [6.45, 7) is 25.6. The molecule has 47 heavy (non-hydrogen) atoms. The maximum atomic E-state index is 2.86. The summed E-state index contributed by atoms with van der Waals surface area (Å²) in [6.07, 6.45) is 12.1. The Hall–Kier alpha value is -2.55. The molecule has 0 saturated heterocycles. The van der Waals surface area contributed by atoms with Gasteiger partial charge in [0.05, 0.1) is 0 Å². The number of hydrogen-bond donors (Lipinski definition) is 0. The topological polar surface area (TPSA) is 0 Å². The number of hydrogen-bond acceptors (Lipinski definition) is 0. The quantitative estimate of drug-likeness (QED) is 0.170. The zero-order chi connectivity index (χ0) is 34.2. The van der Waals surface area contributed by atoms with Crippen LogP contribution in [-0.2, 0) is 17.1 Å². The van der Waals surface area contributed by atoms with Gasteiger partial charge < -0.3 is 0 Å². The Bertz CT molecular complexity index is 1910. The fourth-order valence-corrected chi connectivity index (χ4v) is 49.7. The van der Waals surface area contributed by atoms with E-state index in [1.54, 1.807) is 11.1 Å². The van der Waals surface area contributed by atoms with Gasteiger partial charge in [-0.05, 0) is 0 Å². The van der Waals surface area contributed by atoms with Crippen LogP contribution < -0.4 is 0 Å². The van der Waals surface area contributed by atoms with Crippen molar-refractivity contribution in [2.45, 2.75) is 105 Å². The monoisotopic (exact) mass is 804 g/mol. The molecule has 2 aliphatic carbocycles. The second kappa shape index (κ2) is 12.1. The van der Waals surface area contributed by atoms with E-state index in [-0.39, 0.29) is 0 Å². The molecule has 0 aliphatic heterocycles. The molecule has 0 spiro atoms. The van der Waals surface area contributed by atoms with Gasteiger partial charge in [0.25, 0.3) is 0 Å². The van der Waals surface area contributed by atoms with E-state index in [0.717, 1.165) is 0 Å². The van der Waals surface area contributed by atoms with E-state index in [2.05, 4.69) is 146 Å². The molecule has 2 aliphatic rings. The van der Waals surface area contributed by atoms with E-state index in [1.807, 2.05) is 0 Å². The van der Waals surface area contributed by atoms with E-state index < -0.39 is 17.1 Å². The van der Waals surface area contributed by atoms with Crippen molar-refractivity contribution in [2.75, 3.05) is 0 Å². The molecule has 2 heteroatoms. The van der Waals surface area contributed by atoms with E-state index >= 15 is 0 Å². The van der Waals surface area contributed by atoms with Gasteiger partial charge in [-0.25, -0.2) is 0 Å². The molecule has 0 heterocycles. The molecule has 2 atom stereocenters. The number of rotatable bonds is 6. The molecular weight excluding hydrogens is 747 g/mol. The van der Waals surface area contributed by atoms with Crippen molar-refractivity contribution in [3.63, 3.8) is 0 Å². The molecule has 0 N–H and O–H groups in total. The molecule has 4 aromatic carbocycles. The van der Waals surface area contributed by atoms with Crippen molar-refractivity contribution in [2.24, 2.45) is 0 Å². The van der Waals surface area contributed by atoms with Gasteiger partial charge in [-0.15, -0.1) is 0 Å². The summed E-state index contributed by atoms with van der Waals surface area (Å²) in [5.41, 5.74) is 26.4. The number of benzene rings is 4. The van der Waals surface area contributed by atoms with Crippen LogP contribution in [-0.4, -0.2) is 6.22 Å². The van der Waals surface area contributed by atoms with Crippen molar-refractivity contribution in [1.82, 2.24) is 0 Å². The summed E-state index contributed by atoms with van der Waals surface area (Å²) in [4.78, 5) is 0. The predicted octanol–water partition coefficient (Wildman–Crippen LogP) is 12.9. The average molecular weight is 804 g/mol. The minimum atomic E-state index is -3.75. The van der Waals surface area contributed by atoms with Crippen LogP contribution in [0.1, 0.15) is 98.6 Å². The summed E-state index contributed by atoms with van der Waals surface area (Å²) in [6, 6.07) is 15.9. The predicted molar refractivity (Wildman–Crippen MR) is 209 cm³/mol. The third-order valence-electron chi connectivity index (χ3n) is 13.4. The van der Waals surface area contributed by atoms with Crippen LogP contribution in [0.4, 0.5) is 0 Å². The number of fused-ring (bicyclic) bond motifs is 2. The third-order valence-corrected chi connectivity index (χ3v) is 56.2. The van der Waals surface area contributed by atoms with Gasteiger partial charge in [0, 0.05) is 0 Å². The molecule has 0 radical (unpaired) electrons. The standard InChI is InChI=1S/2C20H21.C3H8Si.2CH3.Hf/c2*1-12-13(2)15(4)20(16(5)14(12)3)19-11-7-9-17-8-6-10-18(17)19;1-2-3-4;;;/h2*6-11H,1-5H3;4H,2-3H2,1H3;2*1H3;. The van der Waals surface area contributed by atoms with Gasteiger partial charge in [0.2, 0.25) is 0 Å². The second-order valence-corrected chi connectivity index (χ2v) is 60.4. The molecule has 0 amide bonds. The van der Waals surface area contributed by atoms with Gasteiger partial charge in [0.15, 0.2) is 0 Å². The van der Waals surface area contributed by atoms with Gasteiger partial charge in [0.1, 0.15) is 0 Å². The van der Waals surface area contributed by atoms with Crippen molar-refractivity contribution in [1.29, 1.82) is 0 Å². The van der Waals surface area contributed by atoms with Gasteiger partial charge in [-0.2, -0.15) is 0 Å². The Balaban J connectivity index is 1.55. The Labute approximate surface area is 287 Å². The second-order valence-electron chi connectivity index (χ2n) is 16.0. The first-order valence-electron chi connectivity index (χ1n) is 18.0. The molecule has 0 fully saturated rings. The molecule has 0 saturated carbocycles. The van der Waals surface area contributed by atoms with E-state index in [0.29, 0.717) is 13.6 Å². The first-order chi connectivity index (χ1) is 22.1. The van der Waals surface area contributed by atoms with E-state index in [4.69, 9.17) is 0 Å². The molecule has 0 aromatic heterocycles. The summed E-state index contributed by atoms with van der Waals surface area (Å²) < 4.78 is 6.85. The SMILES string of the molecule is CCC[SiH]=[Hf]([CH3])([CH3])([CH]1C=Cc2c(-c3c(C)c(C)c(C)c(C)c3C)cccc21)[CH]1C=Cc2c(-c3c(C)c(C)c(C)c(C)c3C)cccc21. The van der Waals surface area contributed by atoms with Crippen LogP contribution in [0.5, 0.6) is 0 Å². The average Bonchev–Trinajstić information content (AvgIpc) is 3.71. The molecule has 0 bridgehead atoms. The Kier molecular flexibility index (Phi) is 8.83. The van der Waals surface area contributed by atoms with Crippen molar-refractivity contribution >= 4 is 18.4 Å². The normalized spacial score (nSPS) is 17.0. The molecule has 4 aromatic rings. The summed E-state index contributed by atoms with van der Waals surface area (Å²) in [7, 11) is 0. The number of allylic oxidation sites excluding steroid dienone is 2. The van der Waals surface area contributed by atoms with E-state index in [1.165, 1.54) is 101 Å². The maximum absolute atomic E-state index is 3.75. The first kappa shape index (κ1) is 34.3. The Morgan fingerprint density at radius 2 is 0.851 bits per heavy atom. The van der Waals surface area contributed by atoms with Crippen molar-refractivity contribution < 1.29 is 17.1 Å². The Morgan fingerprint density at radius 1 is 0.511 bits per heavy atom. The zero-order valence-electron chi connectivity index (χ0n) is 31.4. The molecule has 244 valence electrons. The fraction of sp³-hybridized carbons (Fsp3) is 0.378. The van der Waals surface area contributed by atoms with Crippen LogP contribution in [0.15, 0.2) is 48.6 Å². The van der Waals surface area contributed by atoms with E-state index in [9.17, 15) is 0 Å². The van der Waals surface area contributed by atoms with Gasteiger partial charge >= 0.3 is 290 Å². The van der Waals surface area contributed by atoms with Gasteiger partial charge in [-0.1, -0.05) is 0 Å². The summed E-state index contributed by atoms with van der Waals surface area (Å²) in [5, 5.41) is 0. The molecule has 6 rings (SSSR count). The summed E-state index contributed by atoms with van der Waals surface area (Å²) >= 11 is -3.75. The molecule has 2 unspecified atom stereocenters. The molecule has 0 nitrogen and oxygen atoms in total. The third kappa shape index (κ3) is 5.06. The first-order valence-corrected chi connectivity index (χ1v) is 36.9. The van der Waals surface area contributed by atoms with Crippen LogP contribution in [0.25, 0.3) is 34.4 Å². The van der Waals surface area contributed by atoms with Crippen molar-refractivity contribution in [3.8, 4) is 22.3 Å².